The summed E-state index contributed by atoms with van der Waals surface area (Å²) in [6.45, 7) is 12.3. The predicted molar refractivity (Wildman–Crippen MR) is 145 cm³/mol. The van der Waals surface area contributed by atoms with Crippen LogP contribution in [-0.4, -0.2) is 72.6 Å². The zero-order valence-corrected chi connectivity index (χ0v) is 22.5. The first kappa shape index (κ1) is 27.0. The Kier molecular flexibility index (Phi) is 9.52. The molecule has 0 bridgehead atoms. The summed E-state index contributed by atoms with van der Waals surface area (Å²) >= 11 is 1.51. The molecule has 1 N–H and O–H groups in total. The van der Waals surface area contributed by atoms with Crippen LogP contribution in [0.25, 0.3) is 6.08 Å². The summed E-state index contributed by atoms with van der Waals surface area (Å²) in [5.41, 5.74) is 2.36. The SMILES string of the molecule is COc1ccc(/C=C2\SC3C=CC(C(=O)NCCN(CC(C)C)CC(C)C)=CC3=[N+](C)C2=O)cc1. The number of nitrogens with one attached hydrogen (secondary N) is 1. The maximum atomic E-state index is 13.0. The molecule has 6 nitrogen and oxygen atoms in total. The lowest BCUT2D eigenvalue weighted by molar-refractivity contribution is -0.413. The molecule has 0 aromatic heterocycles. The highest BCUT2D eigenvalue weighted by molar-refractivity contribution is 8.05. The molecular weight excluding hydrogens is 458 g/mol. The van der Waals surface area contributed by atoms with E-state index in [1.54, 1.807) is 18.7 Å². The Morgan fingerprint density at radius 1 is 1.17 bits per heavy atom. The number of nitrogens with zero attached hydrogens (tertiary/aromatic N) is 2. The predicted octanol–water partition coefficient (Wildman–Crippen LogP) is 3.99. The molecule has 1 heterocycles. The lowest BCUT2D eigenvalue weighted by atomic mass is 10.0. The number of ether oxygens (including phenoxy) is 1. The fourth-order valence-electron chi connectivity index (χ4n) is 4.24. The fourth-order valence-corrected chi connectivity index (χ4v) is 5.46. The van der Waals surface area contributed by atoms with E-state index in [2.05, 4.69) is 37.9 Å². The second kappa shape index (κ2) is 12.4. The van der Waals surface area contributed by atoms with E-state index in [0.29, 0.717) is 28.9 Å². The van der Waals surface area contributed by atoms with Crippen molar-refractivity contribution in [3.63, 3.8) is 0 Å². The highest BCUT2D eigenvalue weighted by Gasteiger charge is 2.38. The van der Waals surface area contributed by atoms with Crippen LogP contribution in [0.15, 0.2) is 53.0 Å². The zero-order chi connectivity index (χ0) is 25.5. The van der Waals surface area contributed by atoms with Gasteiger partial charge in [0.1, 0.15) is 23.0 Å². The van der Waals surface area contributed by atoms with Crippen LogP contribution in [0.5, 0.6) is 5.75 Å². The normalized spacial score (nSPS) is 19.0. The van der Waals surface area contributed by atoms with Crippen molar-refractivity contribution >= 4 is 35.4 Å². The number of rotatable bonds is 10. The van der Waals surface area contributed by atoms with Crippen molar-refractivity contribution < 1.29 is 18.9 Å². The summed E-state index contributed by atoms with van der Waals surface area (Å²) in [7, 11) is 3.40. The largest absolute Gasteiger partial charge is 0.497 e. The van der Waals surface area contributed by atoms with Crippen LogP contribution in [0.3, 0.4) is 0 Å². The van der Waals surface area contributed by atoms with Gasteiger partial charge in [0.2, 0.25) is 5.71 Å². The van der Waals surface area contributed by atoms with Gasteiger partial charge in [0.15, 0.2) is 0 Å². The van der Waals surface area contributed by atoms with Crippen LogP contribution < -0.4 is 10.1 Å². The van der Waals surface area contributed by atoms with Crippen LogP contribution >= 0.6 is 11.8 Å². The van der Waals surface area contributed by atoms with Crippen LogP contribution in [-0.2, 0) is 9.59 Å². The maximum Gasteiger partial charge on any atom is 0.425 e. The average Bonchev–Trinajstić information content (AvgIpc) is 2.81. The molecule has 0 radical (unpaired) electrons. The third kappa shape index (κ3) is 7.42. The van der Waals surface area contributed by atoms with Crippen LogP contribution in [0, 0.1) is 11.8 Å². The highest BCUT2D eigenvalue weighted by atomic mass is 32.2. The number of methoxy groups -OCH3 is 1. The molecule has 35 heavy (non-hydrogen) atoms. The van der Waals surface area contributed by atoms with Gasteiger partial charge in [-0.2, -0.15) is 4.58 Å². The summed E-state index contributed by atoms with van der Waals surface area (Å²) in [5, 5.41) is 3.05. The van der Waals surface area contributed by atoms with Gasteiger partial charge in [-0.1, -0.05) is 63.7 Å². The van der Waals surface area contributed by atoms with Gasteiger partial charge in [-0.05, 0) is 35.6 Å². The Morgan fingerprint density at radius 3 is 2.43 bits per heavy atom. The van der Waals surface area contributed by atoms with Gasteiger partial charge >= 0.3 is 5.91 Å². The van der Waals surface area contributed by atoms with Gasteiger partial charge in [-0.25, -0.2) is 4.79 Å². The van der Waals surface area contributed by atoms with Gasteiger partial charge < -0.3 is 15.0 Å². The highest BCUT2D eigenvalue weighted by Crippen LogP contribution is 2.33. The van der Waals surface area contributed by atoms with E-state index in [-0.39, 0.29) is 17.1 Å². The minimum atomic E-state index is -0.105. The molecule has 1 aliphatic heterocycles. The topological polar surface area (TPSA) is 61.6 Å². The Labute approximate surface area is 213 Å². The van der Waals surface area contributed by atoms with Crippen molar-refractivity contribution in [3.8, 4) is 5.75 Å². The standard InChI is InChI=1S/C28H37N3O3S/c1-19(2)17-31(18-20(3)4)14-13-29-27(32)22-9-12-25-24(16-22)30(5)28(33)26(35-25)15-21-7-10-23(34-6)11-8-21/h7-12,15-16,19-20,25H,13-14,17-18H2,1-6H3/p+1/b26-15-. The molecule has 0 fully saturated rings. The molecule has 0 saturated heterocycles. The first-order valence-electron chi connectivity index (χ1n) is 12.3. The van der Waals surface area contributed by atoms with Gasteiger partial charge in [0, 0.05) is 37.8 Å². The van der Waals surface area contributed by atoms with E-state index in [1.165, 1.54) is 11.8 Å². The Morgan fingerprint density at radius 2 is 1.83 bits per heavy atom. The number of benzene rings is 1. The van der Waals surface area contributed by atoms with Gasteiger partial charge in [-0.15, -0.1) is 0 Å². The molecule has 1 aromatic carbocycles. The maximum absolute atomic E-state index is 13.0. The summed E-state index contributed by atoms with van der Waals surface area (Å²) in [4.78, 5) is 29.0. The second-order valence-electron chi connectivity index (χ2n) is 9.87. The summed E-state index contributed by atoms with van der Waals surface area (Å²) in [5.74, 6) is 1.78. The van der Waals surface area contributed by atoms with Gasteiger partial charge in [0.25, 0.3) is 5.91 Å². The lowest BCUT2D eigenvalue weighted by Crippen LogP contribution is -2.40. The van der Waals surface area contributed by atoms with E-state index in [1.807, 2.05) is 48.6 Å². The van der Waals surface area contributed by atoms with Gasteiger partial charge in [-0.3, -0.25) is 4.79 Å². The summed E-state index contributed by atoms with van der Waals surface area (Å²) < 4.78 is 6.86. The third-order valence-electron chi connectivity index (χ3n) is 5.84. The first-order chi connectivity index (χ1) is 16.7. The van der Waals surface area contributed by atoms with E-state index in [0.717, 1.165) is 36.7 Å². The number of carbonyl (C=O) groups is 2. The van der Waals surface area contributed by atoms with Crippen molar-refractivity contribution in [2.45, 2.75) is 32.9 Å². The number of hydrogen-bond donors (Lipinski definition) is 1. The molecule has 0 spiro atoms. The lowest BCUT2D eigenvalue weighted by Gasteiger charge is -2.26. The Bertz CT molecular complexity index is 1040. The summed E-state index contributed by atoms with van der Waals surface area (Å²) in [6, 6.07) is 7.62. The van der Waals surface area contributed by atoms with Crippen LogP contribution in [0.2, 0.25) is 0 Å². The first-order valence-corrected chi connectivity index (χ1v) is 13.1. The molecule has 0 saturated carbocycles. The van der Waals surface area contributed by atoms with Crippen molar-refractivity contribution in [1.82, 2.24) is 10.2 Å². The quantitative estimate of drug-likeness (QED) is 0.392. The number of fused-ring (bicyclic) bond motifs is 1. The molecule has 1 aromatic rings. The van der Waals surface area contributed by atoms with Gasteiger partial charge in [0.05, 0.1) is 7.11 Å². The van der Waals surface area contributed by atoms with Crippen molar-refractivity contribution in [2.24, 2.45) is 11.8 Å². The molecule has 2 amide bonds. The molecule has 3 rings (SSSR count). The summed E-state index contributed by atoms with van der Waals surface area (Å²) in [6.07, 6.45) is 7.61. The molecule has 1 unspecified atom stereocenters. The average molecular weight is 497 g/mol. The Balaban J connectivity index is 1.67. The van der Waals surface area contributed by atoms with E-state index >= 15 is 0 Å². The van der Waals surface area contributed by atoms with Crippen molar-refractivity contribution in [1.29, 1.82) is 0 Å². The number of carbonyl (C=O) groups excluding carboxylic acids is 2. The third-order valence-corrected chi connectivity index (χ3v) is 7.04. The minimum Gasteiger partial charge on any atom is -0.497 e. The zero-order valence-electron chi connectivity index (χ0n) is 21.7. The van der Waals surface area contributed by atoms with Crippen molar-refractivity contribution in [3.05, 3.63) is 58.5 Å². The number of hydrogen-bond acceptors (Lipinski definition) is 5. The molecule has 1 atom stereocenters. The van der Waals surface area contributed by atoms with Crippen molar-refractivity contribution in [2.75, 3.05) is 40.3 Å². The number of amides is 2. The number of allylic oxidation sites excluding steroid dienone is 1. The second-order valence-corrected chi connectivity index (χ2v) is 11.1. The van der Waals surface area contributed by atoms with Crippen LogP contribution in [0.4, 0.5) is 0 Å². The van der Waals surface area contributed by atoms with E-state index in [9.17, 15) is 9.59 Å². The molecule has 188 valence electrons. The molecule has 7 heteroatoms. The van der Waals surface area contributed by atoms with Crippen LogP contribution in [0.1, 0.15) is 33.3 Å². The van der Waals surface area contributed by atoms with E-state index in [4.69, 9.17) is 4.74 Å². The Hall–Kier alpha value is -2.64. The molecular formula is C28H38N3O3S+. The fraction of sp³-hybridized carbons (Fsp3) is 0.464. The number of thioether (sulfide) groups is 1. The molecule has 2 aliphatic rings. The van der Waals surface area contributed by atoms with E-state index < -0.39 is 0 Å². The molecule has 1 aliphatic carbocycles. The smallest absolute Gasteiger partial charge is 0.425 e. The number of likely N-dealkylation sites (N-methyl/N-ethyl adjacent to an activating group) is 1. The monoisotopic (exact) mass is 496 g/mol. The minimum absolute atomic E-state index is 0.00803.